The molecule has 5 nitrogen and oxygen atoms in total. The first kappa shape index (κ1) is 17.2. The quantitative estimate of drug-likeness (QED) is 0.715. The summed E-state index contributed by atoms with van der Waals surface area (Å²) in [7, 11) is 0. The number of benzene rings is 1. The van der Waals surface area contributed by atoms with Crippen LogP contribution in [0.1, 0.15) is 31.9 Å². The number of rotatable bonds is 3. The van der Waals surface area contributed by atoms with Gasteiger partial charge in [0.05, 0.1) is 23.9 Å². The molecule has 0 bridgehead atoms. The fourth-order valence-corrected chi connectivity index (χ4v) is 4.10. The monoisotopic (exact) mass is 408 g/mol. The molecule has 7 heteroatoms. The van der Waals surface area contributed by atoms with Crippen LogP contribution in [0.2, 0.25) is 0 Å². The van der Waals surface area contributed by atoms with Crippen LogP contribution >= 0.6 is 27.7 Å². The molecule has 0 radical (unpaired) electrons. The zero-order chi connectivity index (χ0) is 17.3. The van der Waals surface area contributed by atoms with Crippen LogP contribution in [0.15, 0.2) is 45.0 Å². The predicted octanol–water partition coefficient (Wildman–Crippen LogP) is 3.66. The molecule has 1 fully saturated rings. The molecule has 1 aromatic carbocycles. The minimum Gasteiger partial charge on any atom is -0.463 e. The average molecular weight is 409 g/mol. The number of nitrogens with zero attached hydrogens (tertiary/aromatic N) is 2. The molecular formula is C17H17BrN2O3S. The summed E-state index contributed by atoms with van der Waals surface area (Å²) in [5, 5.41) is 0.657. The van der Waals surface area contributed by atoms with Crippen LogP contribution in [0.4, 0.5) is 0 Å². The maximum Gasteiger partial charge on any atom is 0.338 e. The number of thioether (sulfide) groups is 1. The Morgan fingerprint density at radius 1 is 1.42 bits per heavy atom. The molecule has 2 aliphatic heterocycles. The van der Waals surface area contributed by atoms with Crippen molar-refractivity contribution in [3.05, 3.63) is 45.6 Å². The van der Waals surface area contributed by atoms with Crippen LogP contribution in [0.3, 0.4) is 0 Å². The van der Waals surface area contributed by atoms with Gasteiger partial charge in [0.1, 0.15) is 0 Å². The van der Waals surface area contributed by atoms with E-state index in [0.29, 0.717) is 28.6 Å². The van der Waals surface area contributed by atoms with Crippen LogP contribution < -0.4 is 0 Å². The van der Waals surface area contributed by atoms with E-state index in [1.54, 1.807) is 30.5 Å². The third-order valence-electron chi connectivity index (χ3n) is 3.89. The van der Waals surface area contributed by atoms with Crippen molar-refractivity contribution in [3.8, 4) is 0 Å². The van der Waals surface area contributed by atoms with E-state index in [-0.39, 0.29) is 12.5 Å². The number of esters is 1. The highest BCUT2D eigenvalue weighted by Gasteiger charge is 2.41. The summed E-state index contributed by atoms with van der Waals surface area (Å²) in [4.78, 5) is 31.2. The van der Waals surface area contributed by atoms with Crippen molar-refractivity contribution in [2.45, 2.75) is 26.3 Å². The number of amidine groups is 1. The highest BCUT2D eigenvalue weighted by Crippen LogP contribution is 2.40. The molecule has 2 heterocycles. The Balaban J connectivity index is 2.14. The van der Waals surface area contributed by atoms with E-state index in [0.717, 1.165) is 10.0 Å². The maximum absolute atomic E-state index is 12.6. The SMILES string of the molecule is CCOC(=O)C1=C(C)N=C2SCCC(=O)N2[C@H]1c1ccc(Br)cc1. The van der Waals surface area contributed by atoms with E-state index in [4.69, 9.17) is 4.74 Å². The van der Waals surface area contributed by atoms with E-state index in [1.165, 1.54) is 0 Å². The van der Waals surface area contributed by atoms with E-state index in [9.17, 15) is 9.59 Å². The summed E-state index contributed by atoms with van der Waals surface area (Å²) < 4.78 is 6.16. The lowest BCUT2D eigenvalue weighted by molar-refractivity contribution is -0.139. The molecule has 0 saturated carbocycles. The van der Waals surface area contributed by atoms with Gasteiger partial charge in [0, 0.05) is 16.6 Å². The first-order valence-electron chi connectivity index (χ1n) is 7.69. The maximum atomic E-state index is 12.6. The average Bonchev–Trinajstić information content (AvgIpc) is 2.55. The Bertz CT molecular complexity index is 743. The van der Waals surface area contributed by atoms with Gasteiger partial charge in [-0.2, -0.15) is 0 Å². The molecule has 2 aliphatic rings. The molecule has 0 unspecified atom stereocenters. The van der Waals surface area contributed by atoms with Crippen molar-refractivity contribution in [3.63, 3.8) is 0 Å². The summed E-state index contributed by atoms with van der Waals surface area (Å²) in [6.07, 6.45) is 0.436. The zero-order valence-corrected chi connectivity index (χ0v) is 15.8. The molecule has 1 amide bonds. The number of ether oxygens (including phenoxy) is 1. The van der Waals surface area contributed by atoms with Gasteiger partial charge >= 0.3 is 5.97 Å². The van der Waals surface area contributed by atoms with E-state index < -0.39 is 12.0 Å². The van der Waals surface area contributed by atoms with Gasteiger partial charge in [0.25, 0.3) is 0 Å². The van der Waals surface area contributed by atoms with Gasteiger partial charge in [0.2, 0.25) is 5.91 Å². The van der Waals surface area contributed by atoms with Gasteiger partial charge in [0.15, 0.2) is 5.17 Å². The van der Waals surface area contributed by atoms with E-state index >= 15 is 0 Å². The molecule has 1 saturated heterocycles. The highest BCUT2D eigenvalue weighted by atomic mass is 79.9. The summed E-state index contributed by atoms with van der Waals surface area (Å²) in [6.45, 7) is 3.84. The number of fused-ring (bicyclic) bond motifs is 1. The lowest BCUT2D eigenvalue weighted by Gasteiger charge is -2.38. The molecule has 1 aromatic rings. The van der Waals surface area contributed by atoms with Crippen LogP contribution in [-0.2, 0) is 14.3 Å². The van der Waals surface area contributed by atoms with Gasteiger partial charge in [-0.3, -0.25) is 9.69 Å². The van der Waals surface area contributed by atoms with Crippen molar-refractivity contribution in [2.24, 2.45) is 4.99 Å². The van der Waals surface area contributed by atoms with Gasteiger partial charge in [-0.05, 0) is 31.5 Å². The number of hydrogen-bond acceptors (Lipinski definition) is 5. The minimum atomic E-state index is -0.495. The molecule has 0 aromatic heterocycles. The van der Waals surface area contributed by atoms with Gasteiger partial charge < -0.3 is 4.74 Å². The van der Waals surface area contributed by atoms with Crippen LogP contribution in [-0.4, -0.2) is 34.3 Å². The third-order valence-corrected chi connectivity index (χ3v) is 5.37. The van der Waals surface area contributed by atoms with Crippen LogP contribution in [0.5, 0.6) is 0 Å². The Morgan fingerprint density at radius 3 is 2.79 bits per heavy atom. The standard InChI is InChI=1S/C17H17BrN2O3S/c1-3-23-16(22)14-10(2)19-17-20(13(21)8-9-24-17)15(14)11-4-6-12(18)7-5-11/h4-7,15H,3,8-9H2,1-2H3/t15-/m0/s1. The molecule has 0 N–H and O–H groups in total. The zero-order valence-electron chi connectivity index (χ0n) is 13.4. The lowest BCUT2D eigenvalue weighted by Crippen LogP contribution is -2.45. The molecule has 3 rings (SSSR count). The summed E-state index contributed by atoms with van der Waals surface area (Å²) in [6, 6.07) is 7.14. The Morgan fingerprint density at radius 2 is 2.12 bits per heavy atom. The van der Waals surface area contributed by atoms with Gasteiger partial charge in [-0.15, -0.1) is 0 Å². The van der Waals surface area contributed by atoms with Gasteiger partial charge in [-0.1, -0.05) is 39.8 Å². The third kappa shape index (κ3) is 3.15. The number of allylic oxidation sites excluding steroid dienone is 1. The fraction of sp³-hybridized carbons (Fsp3) is 0.353. The number of amides is 1. The predicted molar refractivity (Wildman–Crippen MR) is 97.6 cm³/mol. The minimum absolute atomic E-state index is 0.0188. The summed E-state index contributed by atoms with van der Waals surface area (Å²) >= 11 is 4.96. The second kappa shape index (κ2) is 7.11. The number of hydrogen-bond donors (Lipinski definition) is 0. The Hall–Kier alpha value is -1.60. The Kier molecular flexibility index (Phi) is 5.10. The molecular weight excluding hydrogens is 392 g/mol. The molecule has 1 atom stereocenters. The first-order valence-corrected chi connectivity index (χ1v) is 9.47. The molecule has 126 valence electrons. The molecule has 0 aliphatic carbocycles. The van der Waals surface area contributed by atoms with Crippen LogP contribution in [0, 0.1) is 0 Å². The van der Waals surface area contributed by atoms with Gasteiger partial charge in [-0.25, -0.2) is 9.79 Å². The summed E-state index contributed by atoms with van der Waals surface area (Å²) in [5.74, 6) is 0.271. The number of carbonyl (C=O) groups excluding carboxylic acids is 2. The normalized spacial score (nSPS) is 20.6. The topological polar surface area (TPSA) is 59.0 Å². The van der Waals surface area contributed by atoms with Crippen molar-refractivity contribution in [1.29, 1.82) is 0 Å². The largest absolute Gasteiger partial charge is 0.463 e. The van der Waals surface area contributed by atoms with Crippen molar-refractivity contribution in [2.75, 3.05) is 12.4 Å². The highest BCUT2D eigenvalue weighted by molar-refractivity contribution is 9.10. The molecule has 0 spiro atoms. The molecule has 24 heavy (non-hydrogen) atoms. The number of halogens is 1. The first-order chi connectivity index (χ1) is 11.5. The van der Waals surface area contributed by atoms with E-state index in [2.05, 4.69) is 20.9 Å². The number of carbonyl (C=O) groups is 2. The second-order valence-electron chi connectivity index (χ2n) is 5.43. The Labute approximate surface area is 153 Å². The van der Waals surface area contributed by atoms with E-state index in [1.807, 2.05) is 24.3 Å². The second-order valence-corrected chi connectivity index (χ2v) is 7.41. The van der Waals surface area contributed by atoms with Crippen LogP contribution in [0.25, 0.3) is 0 Å². The fourth-order valence-electron chi connectivity index (χ4n) is 2.83. The smallest absolute Gasteiger partial charge is 0.338 e. The lowest BCUT2D eigenvalue weighted by atomic mass is 9.94. The van der Waals surface area contributed by atoms with Crippen molar-refractivity contribution < 1.29 is 14.3 Å². The van der Waals surface area contributed by atoms with Crippen molar-refractivity contribution in [1.82, 2.24) is 4.90 Å². The van der Waals surface area contributed by atoms with Crippen molar-refractivity contribution >= 4 is 44.7 Å². The number of aliphatic imine (C=N–C) groups is 1. The summed E-state index contributed by atoms with van der Waals surface area (Å²) in [5.41, 5.74) is 1.90.